The standard InChI is InChI=1S/C13H21Cl/c1-2-3-4-5-6-7-8-9-10-11-12-13-14/h3-4,6-7,9-10H,2,5,8,11-13H2,1H3/b4-3-,7-6-,10-9+. The van der Waals surface area contributed by atoms with Gasteiger partial charge in [0.05, 0.1) is 0 Å². The molecule has 0 aromatic heterocycles. The molecular weight excluding hydrogens is 192 g/mol. The quantitative estimate of drug-likeness (QED) is 0.306. The number of hydrogen-bond acceptors (Lipinski definition) is 0. The maximum absolute atomic E-state index is 5.56. The van der Waals surface area contributed by atoms with E-state index >= 15 is 0 Å². The minimum atomic E-state index is 0.766. The lowest BCUT2D eigenvalue weighted by atomic mass is 10.2. The summed E-state index contributed by atoms with van der Waals surface area (Å²) in [4.78, 5) is 0. The van der Waals surface area contributed by atoms with E-state index in [1.807, 2.05) is 0 Å². The second-order valence-electron chi connectivity index (χ2n) is 3.13. The first-order chi connectivity index (χ1) is 6.91. The first-order valence-corrected chi connectivity index (χ1v) is 5.96. The Hall–Kier alpha value is -0.490. The Morgan fingerprint density at radius 3 is 2.00 bits per heavy atom. The summed E-state index contributed by atoms with van der Waals surface area (Å²) in [7, 11) is 0. The molecule has 0 saturated carbocycles. The summed E-state index contributed by atoms with van der Waals surface area (Å²) < 4.78 is 0. The number of hydrogen-bond donors (Lipinski definition) is 0. The highest BCUT2D eigenvalue weighted by Crippen LogP contribution is 1.96. The number of halogens is 1. The van der Waals surface area contributed by atoms with Crippen molar-refractivity contribution >= 4 is 11.6 Å². The van der Waals surface area contributed by atoms with Gasteiger partial charge in [-0.1, -0.05) is 43.4 Å². The number of rotatable bonds is 8. The van der Waals surface area contributed by atoms with Gasteiger partial charge in [-0.3, -0.25) is 0 Å². The SMILES string of the molecule is CC/C=C\C/C=C\C/C=C/CCCCl. The van der Waals surface area contributed by atoms with Crippen LogP contribution in [-0.4, -0.2) is 5.88 Å². The van der Waals surface area contributed by atoms with Crippen LogP contribution in [0.5, 0.6) is 0 Å². The van der Waals surface area contributed by atoms with E-state index in [0.717, 1.165) is 38.0 Å². The molecule has 0 aliphatic heterocycles. The molecule has 0 saturated heterocycles. The average Bonchev–Trinajstić information content (AvgIpc) is 2.21. The van der Waals surface area contributed by atoms with Gasteiger partial charge in [0.15, 0.2) is 0 Å². The van der Waals surface area contributed by atoms with E-state index in [2.05, 4.69) is 43.4 Å². The van der Waals surface area contributed by atoms with E-state index in [4.69, 9.17) is 11.6 Å². The van der Waals surface area contributed by atoms with Gasteiger partial charge in [-0.15, -0.1) is 11.6 Å². The van der Waals surface area contributed by atoms with Crippen LogP contribution in [0.3, 0.4) is 0 Å². The van der Waals surface area contributed by atoms with Gasteiger partial charge in [0.1, 0.15) is 0 Å². The third kappa shape index (κ3) is 11.5. The average molecular weight is 213 g/mol. The first-order valence-electron chi connectivity index (χ1n) is 5.42. The summed E-state index contributed by atoms with van der Waals surface area (Å²) in [6.07, 6.45) is 18.6. The van der Waals surface area contributed by atoms with Gasteiger partial charge in [-0.2, -0.15) is 0 Å². The smallest absolute Gasteiger partial charge is 0.0226 e. The monoisotopic (exact) mass is 212 g/mol. The molecule has 0 atom stereocenters. The Balaban J connectivity index is 3.25. The van der Waals surface area contributed by atoms with Crippen LogP contribution in [-0.2, 0) is 0 Å². The first kappa shape index (κ1) is 13.5. The predicted molar refractivity (Wildman–Crippen MR) is 66.9 cm³/mol. The summed E-state index contributed by atoms with van der Waals surface area (Å²) in [6, 6.07) is 0. The summed E-state index contributed by atoms with van der Waals surface area (Å²) >= 11 is 5.56. The highest BCUT2D eigenvalue weighted by molar-refractivity contribution is 6.17. The third-order valence-corrected chi connectivity index (χ3v) is 2.05. The normalized spacial score (nSPS) is 12.4. The maximum atomic E-state index is 5.56. The van der Waals surface area contributed by atoms with Crippen molar-refractivity contribution in [1.29, 1.82) is 0 Å². The zero-order valence-electron chi connectivity index (χ0n) is 9.08. The fraction of sp³-hybridized carbons (Fsp3) is 0.538. The topological polar surface area (TPSA) is 0 Å². The van der Waals surface area contributed by atoms with Crippen molar-refractivity contribution in [2.75, 3.05) is 5.88 Å². The number of alkyl halides is 1. The summed E-state index contributed by atoms with van der Waals surface area (Å²) in [5.41, 5.74) is 0. The van der Waals surface area contributed by atoms with E-state index in [9.17, 15) is 0 Å². The molecule has 0 aliphatic rings. The van der Waals surface area contributed by atoms with E-state index in [0.29, 0.717) is 0 Å². The van der Waals surface area contributed by atoms with Crippen molar-refractivity contribution in [2.24, 2.45) is 0 Å². The van der Waals surface area contributed by atoms with Crippen molar-refractivity contribution in [3.05, 3.63) is 36.5 Å². The van der Waals surface area contributed by atoms with E-state index in [1.54, 1.807) is 0 Å². The van der Waals surface area contributed by atoms with Crippen LogP contribution in [0, 0.1) is 0 Å². The Labute approximate surface area is 93.4 Å². The van der Waals surface area contributed by atoms with Gasteiger partial charge in [-0.05, 0) is 32.1 Å². The lowest BCUT2D eigenvalue weighted by Crippen LogP contribution is -1.70. The van der Waals surface area contributed by atoms with E-state index < -0.39 is 0 Å². The zero-order chi connectivity index (χ0) is 10.5. The largest absolute Gasteiger partial charge is 0.127 e. The van der Waals surface area contributed by atoms with Crippen molar-refractivity contribution in [3.8, 4) is 0 Å². The Morgan fingerprint density at radius 2 is 1.43 bits per heavy atom. The molecule has 0 amide bonds. The van der Waals surface area contributed by atoms with E-state index in [1.165, 1.54) is 0 Å². The predicted octanol–water partition coefficient (Wildman–Crippen LogP) is 4.86. The molecule has 0 radical (unpaired) electrons. The van der Waals surface area contributed by atoms with Crippen LogP contribution in [0.15, 0.2) is 36.5 Å². The molecule has 0 aromatic rings. The minimum Gasteiger partial charge on any atom is -0.127 e. The molecule has 0 rings (SSSR count). The molecule has 0 N–H and O–H groups in total. The molecule has 0 aromatic carbocycles. The molecule has 0 nitrogen and oxygen atoms in total. The Kier molecular flexibility index (Phi) is 12.1. The van der Waals surface area contributed by atoms with Crippen LogP contribution < -0.4 is 0 Å². The van der Waals surface area contributed by atoms with Crippen molar-refractivity contribution < 1.29 is 0 Å². The van der Waals surface area contributed by atoms with Gasteiger partial charge < -0.3 is 0 Å². The number of allylic oxidation sites excluding steroid dienone is 6. The molecule has 0 bridgehead atoms. The lowest BCUT2D eigenvalue weighted by molar-refractivity contribution is 0.962. The molecule has 0 heterocycles. The Morgan fingerprint density at radius 1 is 0.857 bits per heavy atom. The third-order valence-electron chi connectivity index (χ3n) is 1.78. The fourth-order valence-electron chi connectivity index (χ4n) is 1.02. The van der Waals surface area contributed by atoms with Gasteiger partial charge in [0.25, 0.3) is 0 Å². The highest BCUT2D eigenvalue weighted by Gasteiger charge is 1.77. The second-order valence-corrected chi connectivity index (χ2v) is 3.50. The summed E-state index contributed by atoms with van der Waals surface area (Å²) in [6.45, 7) is 2.15. The molecule has 0 fully saturated rings. The zero-order valence-corrected chi connectivity index (χ0v) is 9.84. The van der Waals surface area contributed by atoms with E-state index in [-0.39, 0.29) is 0 Å². The molecular formula is C13H21Cl. The van der Waals surface area contributed by atoms with Gasteiger partial charge in [-0.25, -0.2) is 0 Å². The van der Waals surface area contributed by atoms with Gasteiger partial charge in [0.2, 0.25) is 0 Å². The minimum absolute atomic E-state index is 0.766. The molecule has 0 unspecified atom stereocenters. The molecule has 0 spiro atoms. The maximum Gasteiger partial charge on any atom is 0.0226 e. The number of unbranched alkanes of at least 4 members (excludes halogenated alkanes) is 1. The van der Waals surface area contributed by atoms with Crippen molar-refractivity contribution in [1.82, 2.24) is 0 Å². The summed E-state index contributed by atoms with van der Waals surface area (Å²) in [5.74, 6) is 0.766. The van der Waals surface area contributed by atoms with Crippen LogP contribution in [0.4, 0.5) is 0 Å². The molecule has 80 valence electrons. The molecule has 0 aliphatic carbocycles. The molecule has 14 heavy (non-hydrogen) atoms. The van der Waals surface area contributed by atoms with Crippen LogP contribution in [0.25, 0.3) is 0 Å². The van der Waals surface area contributed by atoms with Crippen LogP contribution >= 0.6 is 11.6 Å². The molecule has 1 heteroatoms. The highest BCUT2D eigenvalue weighted by atomic mass is 35.5. The van der Waals surface area contributed by atoms with Crippen molar-refractivity contribution in [3.63, 3.8) is 0 Å². The van der Waals surface area contributed by atoms with Gasteiger partial charge >= 0.3 is 0 Å². The van der Waals surface area contributed by atoms with Crippen molar-refractivity contribution in [2.45, 2.75) is 39.0 Å². The van der Waals surface area contributed by atoms with Crippen LogP contribution in [0.2, 0.25) is 0 Å². The fourth-order valence-corrected chi connectivity index (χ4v) is 1.18. The lowest BCUT2D eigenvalue weighted by Gasteiger charge is -1.86. The second kappa shape index (κ2) is 12.5. The van der Waals surface area contributed by atoms with Gasteiger partial charge in [0, 0.05) is 5.88 Å². The Bertz CT molecular complexity index is 178. The summed E-state index contributed by atoms with van der Waals surface area (Å²) in [5, 5.41) is 0. The van der Waals surface area contributed by atoms with Crippen LogP contribution in [0.1, 0.15) is 39.0 Å².